The van der Waals surface area contributed by atoms with Crippen LogP contribution in [0.4, 0.5) is 13.2 Å². The fraction of sp³-hybridized carbons (Fsp3) is 0.900. The summed E-state index contributed by atoms with van der Waals surface area (Å²) in [6.07, 6.45) is -2.37. The molecule has 7 heteroatoms. The van der Waals surface area contributed by atoms with Crippen molar-refractivity contribution in [1.29, 1.82) is 0 Å². The summed E-state index contributed by atoms with van der Waals surface area (Å²) < 4.78 is 44.8. The summed E-state index contributed by atoms with van der Waals surface area (Å²) in [5.41, 5.74) is 0. The number of rotatable bonds is 9. The molecule has 0 radical (unpaired) electrons. The maximum atomic E-state index is 11.7. The molecular weight excluding hydrogens is 239 g/mol. The predicted octanol–water partition coefficient (Wildman–Crippen LogP) is 1.50. The first-order valence-corrected chi connectivity index (χ1v) is 5.46. The van der Waals surface area contributed by atoms with Crippen LogP contribution < -0.4 is 5.32 Å². The molecule has 0 heterocycles. The maximum Gasteiger partial charge on any atom is 0.401 e. The van der Waals surface area contributed by atoms with Gasteiger partial charge in [-0.15, -0.1) is 0 Å². The van der Waals surface area contributed by atoms with Crippen LogP contribution in [0.1, 0.15) is 19.8 Å². The van der Waals surface area contributed by atoms with Crippen molar-refractivity contribution in [3.8, 4) is 0 Å². The van der Waals surface area contributed by atoms with E-state index in [1.165, 1.54) is 0 Å². The van der Waals surface area contributed by atoms with E-state index in [0.717, 1.165) is 12.8 Å². The van der Waals surface area contributed by atoms with Gasteiger partial charge in [-0.1, -0.05) is 13.3 Å². The lowest BCUT2D eigenvalue weighted by Gasteiger charge is -2.08. The van der Waals surface area contributed by atoms with Gasteiger partial charge in [0, 0.05) is 6.61 Å². The van der Waals surface area contributed by atoms with Crippen LogP contribution in [-0.2, 0) is 14.3 Å². The molecule has 0 spiro atoms. The van der Waals surface area contributed by atoms with Crippen molar-refractivity contribution in [3.63, 3.8) is 0 Å². The van der Waals surface area contributed by atoms with Crippen molar-refractivity contribution in [3.05, 3.63) is 0 Å². The summed E-state index contributed by atoms with van der Waals surface area (Å²) >= 11 is 0. The minimum absolute atomic E-state index is 0.0657. The van der Waals surface area contributed by atoms with Crippen LogP contribution in [0.3, 0.4) is 0 Å². The molecular formula is C10H18F3NO3. The molecule has 0 fully saturated rings. The third kappa shape index (κ3) is 13.1. The highest BCUT2D eigenvalue weighted by atomic mass is 19.4. The second-order valence-corrected chi connectivity index (χ2v) is 3.41. The average molecular weight is 257 g/mol. The Bertz CT molecular complexity index is 209. The summed E-state index contributed by atoms with van der Waals surface area (Å²) in [6.45, 7) is 1.31. The maximum absolute atomic E-state index is 11.7. The minimum Gasteiger partial charge on any atom is -0.462 e. The SMILES string of the molecule is CCCCOCCOC(=O)CNCC(F)(F)F. The van der Waals surface area contributed by atoms with Gasteiger partial charge in [-0.05, 0) is 6.42 Å². The minimum atomic E-state index is -4.32. The molecule has 0 saturated heterocycles. The lowest BCUT2D eigenvalue weighted by molar-refractivity contribution is -0.146. The summed E-state index contributed by atoms with van der Waals surface area (Å²) in [7, 11) is 0. The molecule has 0 amide bonds. The number of nitrogens with one attached hydrogen (secondary N) is 1. The predicted molar refractivity (Wildman–Crippen MR) is 55.6 cm³/mol. The zero-order valence-electron chi connectivity index (χ0n) is 9.81. The number of unbranched alkanes of at least 4 members (excludes halogenated alkanes) is 1. The average Bonchev–Trinajstić information content (AvgIpc) is 2.21. The van der Waals surface area contributed by atoms with Gasteiger partial charge >= 0.3 is 12.1 Å². The lowest BCUT2D eigenvalue weighted by Crippen LogP contribution is -2.33. The van der Waals surface area contributed by atoms with Crippen LogP contribution in [0.2, 0.25) is 0 Å². The summed E-state index contributed by atoms with van der Waals surface area (Å²) in [5.74, 6) is -0.714. The Morgan fingerprint density at radius 2 is 1.94 bits per heavy atom. The molecule has 102 valence electrons. The molecule has 4 nitrogen and oxygen atoms in total. The topological polar surface area (TPSA) is 47.6 Å². The number of ether oxygens (including phenoxy) is 2. The van der Waals surface area contributed by atoms with E-state index < -0.39 is 25.2 Å². The fourth-order valence-electron chi connectivity index (χ4n) is 0.920. The second kappa shape index (κ2) is 9.23. The van der Waals surface area contributed by atoms with Crippen molar-refractivity contribution in [2.45, 2.75) is 25.9 Å². The van der Waals surface area contributed by atoms with Crippen molar-refractivity contribution >= 4 is 5.97 Å². The molecule has 0 bridgehead atoms. The van der Waals surface area contributed by atoms with Crippen molar-refractivity contribution < 1.29 is 27.4 Å². The van der Waals surface area contributed by atoms with Crippen LogP contribution in [0.5, 0.6) is 0 Å². The quantitative estimate of drug-likeness (QED) is 0.502. The van der Waals surface area contributed by atoms with Crippen molar-refractivity contribution in [2.24, 2.45) is 0 Å². The Hall–Kier alpha value is -0.820. The Morgan fingerprint density at radius 3 is 2.53 bits per heavy atom. The molecule has 0 aliphatic heterocycles. The second-order valence-electron chi connectivity index (χ2n) is 3.41. The molecule has 0 atom stereocenters. The monoisotopic (exact) mass is 257 g/mol. The van der Waals surface area contributed by atoms with Crippen LogP contribution in [0.15, 0.2) is 0 Å². The van der Waals surface area contributed by atoms with Gasteiger partial charge in [-0.25, -0.2) is 0 Å². The zero-order chi connectivity index (χ0) is 13.1. The number of hydrogen-bond acceptors (Lipinski definition) is 4. The fourth-order valence-corrected chi connectivity index (χ4v) is 0.920. The van der Waals surface area contributed by atoms with E-state index in [2.05, 4.69) is 4.74 Å². The largest absolute Gasteiger partial charge is 0.462 e. The summed E-state index contributed by atoms with van der Waals surface area (Å²) in [5, 5.41) is 1.95. The molecule has 0 aliphatic rings. The standard InChI is InChI=1S/C10H18F3NO3/c1-2-3-4-16-5-6-17-9(15)7-14-8-10(11,12)13/h14H,2-8H2,1H3. The highest BCUT2D eigenvalue weighted by molar-refractivity contribution is 5.71. The normalized spacial score (nSPS) is 11.5. The van der Waals surface area contributed by atoms with Crippen LogP contribution in [-0.4, -0.2) is 45.1 Å². The summed E-state index contributed by atoms with van der Waals surface area (Å²) in [4.78, 5) is 10.9. The van der Waals surface area contributed by atoms with E-state index >= 15 is 0 Å². The lowest BCUT2D eigenvalue weighted by atomic mass is 10.4. The molecule has 0 aromatic rings. The van der Waals surface area contributed by atoms with Gasteiger partial charge in [-0.2, -0.15) is 13.2 Å². The van der Waals surface area contributed by atoms with E-state index in [9.17, 15) is 18.0 Å². The molecule has 17 heavy (non-hydrogen) atoms. The summed E-state index contributed by atoms with van der Waals surface area (Å²) in [6, 6.07) is 0. The third-order valence-electron chi connectivity index (χ3n) is 1.73. The van der Waals surface area contributed by atoms with Gasteiger partial charge in [0.15, 0.2) is 0 Å². The number of hydrogen-bond donors (Lipinski definition) is 1. The Morgan fingerprint density at radius 1 is 1.24 bits per heavy atom. The van der Waals surface area contributed by atoms with E-state index in [1.54, 1.807) is 0 Å². The molecule has 1 N–H and O–H groups in total. The smallest absolute Gasteiger partial charge is 0.401 e. The Kier molecular flexibility index (Phi) is 8.79. The van der Waals surface area contributed by atoms with E-state index in [0.29, 0.717) is 6.61 Å². The first kappa shape index (κ1) is 16.2. The van der Waals surface area contributed by atoms with Crippen molar-refractivity contribution in [2.75, 3.05) is 32.9 Å². The zero-order valence-corrected chi connectivity index (χ0v) is 9.81. The van der Waals surface area contributed by atoms with Gasteiger partial charge in [0.05, 0.1) is 19.7 Å². The van der Waals surface area contributed by atoms with Gasteiger partial charge in [0.25, 0.3) is 0 Å². The van der Waals surface area contributed by atoms with Crippen LogP contribution in [0, 0.1) is 0 Å². The number of alkyl halides is 3. The first-order valence-electron chi connectivity index (χ1n) is 5.46. The Balaban J connectivity index is 3.29. The van der Waals surface area contributed by atoms with Crippen molar-refractivity contribution in [1.82, 2.24) is 5.32 Å². The first-order chi connectivity index (χ1) is 7.95. The number of carbonyl (C=O) groups is 1. The number of carbonyl (C=O) groups excluding carboxylic acids is 1. The molecule has 0 aromatic carbocycles. The highest BCUT2D eigenvalue weighted by Gasteiger charge is 2.26. The van der Waals surface area contributed by atoms with E-state index in [-0.39, 0.29) is 13.2 Å². The molecule has 0 unspecified atom stereocenters. The molecule has 0 aliphatic carbocycles. The highest BCUT2D eigenvalue weighted by Crippen LogP contribution is 2.11. The number of halogens is 3. The van der Waals surface area contributed by atoms with E-state index in [1.807, 2.05) is 12.2 Å². The molecule has 0 aromatic heterocycles. The van der Waals surface area contributed by atoms with E-state index in [4.69, 9.17) is 4.74 Å². The Labute approximate surface area is 98.5 Å². The van der Waals surface area contributed by atoms with Gasteiger partial charge in [0.1, 0.15) is 6.61 Å². The molecule has 0 rings (SSSR count). The molecule has 0 saturated carbocycles. The van der Waals surface area contributed by atoms with Crippen LogP contribution in [0.25, 0.3) is 0 Å². The van der Waals surface area contributed by atoms with Gasteiger partial charge < -0.3 is 9.47 Å². The van der Waals surface area contributed by atoms with Gasteiger partial charge in [-0.3, -0.25) is 10.1 Å². The van der Waals surface area contributed by atoms with Crippen LogP contribution >= 0.6 is 0 Å². The van der Waals surface area contributed by atoms with Gasteiger partial charge in [0.2, 0.25) is 0 Å². The third-order valence-corrected chi connectivity index (χ3v) is 1.73. The number of esters is 1.